The number of hydrogen-bond acceptors (Lipinski definition) is 3. The highest BCUT2D eigenvalue weighted by Crippen LogP contribution is 2.45. The Morgan fingerprint density at radius 2 is 1.80 bits per heavy atom. The second kappa shape index (κ2) is 5.90. The third-order valence-electron chi connectivity index (χ3n) is 2.38. The minimum atomic E-state index is -5.80. The van der Waals surface area contributed by atoms with Crippen molar-refractivity contribution in [3.8, 4) is 0 Å². The molecule has 0 N–H and O–H groups in total. The molecule has 9 heteroatoms. The second-order valence-corrected chi connectivity index (χ2v) is 3.88. The Balaban J connectivity index is 0.00000361. The van der Waals surface area contributed by atoms with Crippen molar-refractivity contribution in [1.82, 2.24) is 4.98 Å². The van der Waals surface area contributed by atoms with Crippen LogP contribution >= 0.6 is 11.6 Å². The van der Waals surface area contributed by atoms with Gasteiger partial charge in [-0.2, -0.15) is 22.0 Å². The molecule has 0 aliphatic rings. The first-order valence-electron chi connectivity index (χ1n) is 4.72. The minimum Gasteiger partial charge on any atom is -0.465 e. The summed E-state index contributed by atoms with van der Waals surface area (Å²) >= 11 is 5.50. The average Bonchev–Trinajstić information content (AvgIpc) is 2.26. The fourth-order valence-corrected chi connectivity index (χ4v) is 1.65. The van der Waals surface area contributed by atoms with E-state index in [-0.39, 0.29) is 13.6 Å². The Morgan fingerprint density at radius 3 is 2.20 bits per heavy atom. The third-order valence-corrected chi connectivity index (χ3v) is 2.66. The molecule has 0 unspecified atom stereocenters. The van der Waals surface area contributed by atoms with Crippen molar-refractivity contribution in [2.24, 2.45) is 0 Å². The van der Waals surface area contributed by atoms with Gasteiger partial charge in [0.2, 0.25) is 0 Å². The highest BCUT2D eigenvalue weighted by Gasteiger charge is 2.59. The average molecular weight is 320 g/mol. The van der Waals surface area contributed by atoms with Gasteiger partial charge in [-0.3, -0.25) is 0 Å². The minimum absolute atomic E-state index is 0. The van der Waals surface area contributed by atoms with Gasteiger partial charge in [0, 0.05) is 6.20 Å². The van der Waals surface area contributed by atoms with Gasteiger partial charge >= 0.3 is 18.1 Å². The van der Waals surface area contributed by atoms with Gasteiger partial charge in [-0.1, -0.05) is 19.0 Å². The lowest BCUT2D eigenvalue weighted by Crippen LogP contribution is -2.35. The molecule has 20 heavy (non-hydrogen) atoms. The Morgan fingerprint density at radius 1 is 1.30 bits per heavy atom. The summed E-state index contributed by atoms with van der Waals surface area (Å²) in [6.45, 7) is 0.912. The predicted octanol–water partition coefficient (Wildman–Crippen LogP) is 4.12. The quantitative estimate of drug-likeness (QED) is 0.467. The number of hydrogen-bond donors (Lipinski definition) is 0. The lowest BCUT2D eigenvalue weighted by atomic mass is 10.0. The molecule has 1 aromatic rings. The molecule has 3 nitrogen and oxygen atoms in total. The highest BCUT2D eigenvalue weighted by molar-refractivity contribution is 6.32. The third kappa shape index (κ3) is 3.00. The standard InChI is InChI=1S/C10H7ClF5NO2.CH4/c1-4-5(9(12,13)10(14,15)16)3-17-7(11)6(4)8(18)19-2;/h3H,1-2H3;1H4. The number of ether oxygens (including phenoxy) is 1. The molecule has 0 aromatic carbocycles. The number of halogens is 6. The summed E-state index contributed by atoms with van der Waals surface area (Å²) in [6, 6.07) is 0. The number of aromatic nitrogens is 1. The van der Waals surface area contributed by atoms with Crippen LogP contribution in [0.25, 0.3) is 0 Å². The van der Waals surface area contributed by atoms with E-state index < -0.39 is 39.9 Å². The smallest absolute Gasteiger partial charge is 0.458 e. The Bertz CT molecular complexity index is 516. The number of esters is 1. The molecule has 0 atom stereocenters. The number of carbonyl (C=O) groups excluding carboxylic acids is 1. The van der Waals surface area contributed by atoms with Gasteiger partial charge in [-0.25, -0.2) is 9.78 Å². The predicted molar refractivity (Wildman–Crippen MR) is 62.0 cm³/mol. The zero-order valence-electron chi connectivity index (χ0n) is 9.61. The topological polar surface area (TPSA) is 39.2 Å². The first kappa shape index (κ1) is 18.6. The Kier molecular flexibility index (Phi) is 5.48. The van der Waals surface area contributed by atoms with Gasteiger partial charge < -0.3 is 4.74 Å². The zero-order chi connectivity index (χ0) is 15.0. The molecule has 1 heterocycles. The first-order chi connectivity index (χ1) is 8.54. The van der Waals surface area contributed by atoms with Crippen LogP contribution in [-0.4, -0.2) is 24.2 Å². The van der Waals surface area contributed by atoms with Crippen molar-refractivity contribution >= 4 is 17.6 Å². The summed E-state index contributed by atoms with van der Waals surface area (Å²) in [4.78, 5) is 14.5. The molecule has 0 saturated heterocycles. The van der Waals surface area contributed by atoms with Crippen LogP contribution < -0.4 is 0 Å². The van der Waals surface area contributed by atoms with E-state index in [1.807, 2.05) is 0 Å². The summed E-state index contributed by atoms with van der Waals surface area (Å²) < 4.78 is 67.6. The van der Waals surface area contributed by atoms with E-state index in [9.17, 15) is 26.7 Å². The number of rotatable bonds is 2. The van der Waals surface area contributed by atoms with E-state index in [1.54, 1.807) is 0 Å². The van der Waals surface area contributed by atoms with Crippen LogP contribution in [0.2, 0.25) is 5.15 Å². The SMILES string of the molecule is C.COC(=O)c1c(Cl)ncc(C(F)(F)C(F)(F)F)c1C. The normalized spacial score (nSPS) is 11.8. The summed E-state index contributed by atoms with van der Waals surface area (Å²) in [5, 5.41) is -0.508. The van der Waals surface area contributed by atoms with Gasteiger partial charge in [0.25, 0.3) is 0 Å². The van der Waals surface area contributed by atoms with E-state index in [2.05, 4.69) is 9.72 Å². The maximum absolute atomic E-state index is 13.2. The van der Waals surface area contributed by atoms with Crippen LogP contribution in [-0.2, 0) is 10.7 Å². The lowest BCUT2D eigenvalue weighted by Gasteiger charge is -2.22. The van der Waals surface area contributed by atoms with Gasteiger partial charge in [0.1, 0.15) is 10.7 Å². The number of carbonyl (C=O) groups is 1. The van der Waals surface area contributed by atoms with Crippen LogP contribution in [0.15, 0.2) is 6.20 Å². The van der Waals surface area contributed by atoms with Gasteiger partial charge in [0.05, 0.1) is 12.7 Å². The first-order valence-corrected chi connectivity index (χ1v) is 5.10. The number of alkyl halides is 5. The second-order valence-electron chi connectivity index (χ2n) is 3.53. The van der Waals surface area contributed by atoms with E-state index in [0.717, 1.165) is 14.0 Å². The van der Waals surface area contributed by atoms with E-state index in [0.29, 0.717) is 0 Å². The van der Waals surface area contributed by atoms with Crippen LogP contribution in [0, 0.1) is 6.92 Å². The van der Waals surface area contributed by atoms with E-state index in [4.69, 9.17) is 11.6 Å². The maximum atomic E-state index is 13.2. The van der Waals surface area contributed by atoms with Gasteiger partial charge in [-0.05, 0) is 12.5 Å². The molecule has 1 rings (SSSR count). The molecule has 0 spiro atoms. The molecule has 1 aromatic heterocycles. The van der Waals surface area contributed by atoms with E-state index in [1.165, 1.54) is 0 Å². The van der Waals surface area contributed by atoms with Crippen molar-refractivity contribution in [3.05, 3.63) is 28.0 Å². The fourth-order valence-electron chi connectivity index (χ4n) is 1.38. The van der Waals surface area contributed by atoms with Crippen LogP contribution in [0.4, 0.5) is 22.0 Å². The molecule has 0 aliphatic heterocycles. The van der Waals surface area contributed by atoms with Crippen LogP contribution in [0.1, 0.15) is 28.9 Å². The molecule has 0 bridgehead atoms. The maximum Gasteiger partial charge on any atom is 0.458 e. The molecule has 0 radical (unpaired) electrons. The summed E-state index contributed by atoms with van der Waals surface area (Å²) in [5.41, 5.74) is -2.69. The number of nitrogens with zero attached hydrogens (tertiary/aromatic N) is 1. The monoisotopic (exact) mass is 319 g/mol. The van der Waals surface area contributed by atoms with Crippen LogP contribution in [0.3, 0.4) is 0 Å². The molecule has 0 aliphatic carbocycles. The van der Waals surface area contributed by atoms with E-state index >= 15 is 0 Å². The largest absolute Gasteiger partial charge is 0.465 e. The van der Waals surface area contributed by atoms with Crippen molar-refractivity contribution in [1.29, 1.82) is 0 Å². The number of methoxy groups -OCH3 is 1. The Hall–Kier alpha value is -1.44. The molecular weight excluding hydrogens is 309 g/mol. The Labute approximate surface area is 116 Å². The zero-order valence-corrected chi connectivity index (χ0v) is 10.4. The number of pyridine rings is 1. The molecule has 0 fully saturated rings. The molecular formula is C11H11ClF5NO2. The van der Waals surface area contributed by atoms with Crippen LogP contribution in [0.5, 0.6) is 0 Å². The lowest BCUT2D eigenvalue weighted by molar-refractivity contribution is -0.289. The van der Waals surface area contributed by atoms with Crippen molar-refractivity contribution in [3.63, 3.8) is 0 Å². The molecule has 0 saturated carbocycles. The molecule has 114 valence electrons. The summed E-state index contributed by atoms with van der Waals surface area (Å²) in [5.74, 6) is -6.29. The summed E-state index contributed by atoms with van der Waals surface area (Å²) in [7, 11) is 0.937. The van der Waals surface area contributed by atoms with Crippen molar-refractivity contribution < 1.29 is 31.5 Å². The van der Waals surface area contributed by atoms with Crippen molar-refractivity contribution in [2.75, 3.05) is 7.11 Å². The van der Waals surface area contributed by atoms with Gasteiger partial charge in [0.15, 0.2) is 0 Å². The highest BCUT2D eigenvalue weighted by atomic mass is 35.5. The van der Waals surface area contributed by atoms with Crippen molar-refractivity contribution in [2.45, 2.75) is 26.4 Å². The molecule has 0 amide bonds. The van der Waals surface area contributed by atoms with Gasteiger partial charge in [-0.15, -0.1) is 0 Å². The summed E-state index contributed by atoms with van der Waals surface area (Å²) in [6.07, 6.45) is -5.52. The fraction of sp³-hybridized carbons (Fsp3) is 0.455.